The Bertz CT molecular complexity index is 1080. The Labute approximate surface area is 239 Å². The molecule has 0 aliphatic carbocycles. The monoisotopic (exact) mass is 554 g/mol. The highest BCUT2D eigenvalue weighted by atomic mass is 16.8. The smallest absolute Gasteiger partial charge is 0.184 e. The molecule has 3 aliphatic rings. The lowest BCUT2D eigenvalue weighted by atomic mass is 9.77. The van der Waals surface area contributed by atoms with Crippen LogP contribution in [0.1, 0.15) is 59.0 Å². The van der Waals surface area contributed by atoms with Crippen molar-refractivity contribution in [2.24, 2.45) is 23.7 Å². The van der Waals surface area contributed by atoms with E-state index in [0.29, 0.717) is 37.6 Å². The normalized spacial score (nSPS) is 39.9. The maximum atomic E-state index is 6.79. The fourth-order valence-electron chi connectivity index (χ4n) is 6.24. The molecule has 2 aromatic carbocycles. The number of benzene rings is 2. The first-order valence-corrected chi connectivity index (χ1v) is 14.7. The minimum Gasteiger partial charge on any atom is -0.497 e. The predicted molar refractivity (Wildman–Crippen MR) is 152 cm³/mol. The predicted octanol–water partition coefficient (Wildman–Crippen LogP) is 6.16. The summed E-state index contributed by atoms with van der Waals surface area (Å²) in [6.45, 7) is 14.5. The van der Waals surface area contributed by atoms with E-state index in [4.69, 9.17) is 33.2 Å². The van der Waals surface area contributed by atoms with Crippen molar-refractivity contribution < 1.29 is 33.2 Å². The lowest BCUT2D eigenvalue weighted by molar-refractivity contribution is -0.391. The van der Waals surface area contributed by atoms with Gasteiger partial charge in [-0.25, -0.2) is 0 Å². The molecule has 3 aliphatic heterocycles. The third-order valence-corrected chi connectivity index (χ3v) is 9.50. The molecule has 7 nitrogen and oxygen atoms in total. The molecule has 3 heterocycles. The van der Waals surface area contributed by atoms with Crippen LogP contribution >= 0.6 is 0 Å². The second kappa shape index (κ2) is 12.5. The van der Waals surface area contributed by atoms with Crippen LogP contribution in [-0.2, 0) is 35.0 Å². The molecule has 7 unspecified atom stereocenters. The zero-order valence-corrected chi connectivity index (χ0v) is 24.9. The number of fused-ring (bicyclic) bond motifs is 1. The highest BCUT2D eigenvalue weighted by molar-refractivity contribution is 5.26. The first kappa shape index (κ1) is 29.5. The summed E-state index contributed by atoms with van der Waals surface area (Å²) < 4.78 is 44.4. The molecule has 0 amide bonds. The van der Waals surface area contributed by atoms with Gasteiger partial charge in [-0.15, -0.1) is 0 Å². The number of hydrogen-bond donors (Lipinski definition) is 0. The second-order valence-electron chi connectivity index (χ2n) is 12.2. The van der Waals surface area contributed by atoms with Crippen molar-refractivity contribution in [1.29, 1.82) is 0 Å². The van der Waals surface area contributed by atoms with E-state index >= 15 is 0 Å². The second-order valence-corrected chi connectivity index (χ2v) is 12.2. The molecule has 0 spiro atoms. The topological polar surface area (TPSA) is 64.6 Å². The van der Waals surface area contributed by atoms with Gasteiger partial charge in [0.05, 0.1) is 45.2 Å². The molecule has 0 bridgehead atoms. The summed E-state index contributed by atoms with van der Waals surface area (Å²) in [5.74, 6) is 2.19. The zero-order valence-electron chi connectivity index (χ0n) is 24.9. The van der Waals surface area contributed by atoms with Gasteiger partial charge in [-0.1, -0.05) is 70.2 Å². The van der Waals surface area contributed by atoms with E-state index in [-0.39, 0.29) is 30.3 Å². The first-order chi connectivity index (χ1) is 19.2. The standard InChI is InChI=1S/C33H46O7/c1-20-21(2)24(5)38-28(22(20)3)18-35-29-23(4)31(36-17-25-13-15-27(34-7)16-14-25)40-33(6)19-37-32(39-30(29)33)26-11-9-8-10-12-26/h8-16,20-24,28-32H,17-19H2,1-7H3/t20?,21-,22?,23?,24?,28-,29?,30-,31+,32?,33?/m0/s1. The largest absolute Gasteiger partial charge is 0.497 e. The van der Waals surface area contributed by atoms with Crippen molar-refractivity contribution in [3.8, 4) is 5.75 Å². The van der Waals surface area contributed by atoms with E-state index < -0.39 is 18.2 Å². The Morgan fingerprint density at radius 2 is 1.55 bits per heavy atom. The Morgan fingerprint density at radius 1 is 0.825 bits per heavy atom. The third kappa shape index (κ3) is 6.10. The van der Waals surface area contributed by atoms with Crippen molar-refractivity contribution in [2.75, 3.05) is 20.3 Å². The van der Waals surface area contributed by atoms with Gasteiger partial charge in [0.2, 0.25) is 0 Å². The van der Waals surface area contributed by atoms with Crippen molar-refractivity contribution in [3.05, 3.63) is 65.7 Å². The number of ether oxygens (including phenoxy) is 7. The van der Waals surface area contributed by atoms with Gasteiger partial charge >= 0.3 is 0 Å². The molecule has 40 heavy (non-hydrogen) atoms. The van der Waals surface area contributed by atoms with Crippen molar-refractivity contribution in [2.45, 2.75) is 90.7 Å². The van der Waals surface area contributed by atoms with Crippen LogP contribution in [0, 0.1) is 23.7 Å². The molecule has 220 valence electrons. The van der Waals surface area contributed by atoms with Crippen molar-refractivity contribution in [3.63, 3.8) is 0 Å². The third-order valence-electron chi connectivity index (χ3n) is 9.50. The van der Waals surface area contributed by atoms with Crippen LogP contribution in [-0.4, -0.2) is 56.6 Å². The molecule has 0 radical (unpaired) electrons. The fraction of sp³-hybridized carbons (Fsp3) is 0.636. The quantitative estimate of drug-likeness (QED) is 0.387. The van der Waals surface area contributed by atoms with Gasteiger partial charge in [0.25, 0.3) is 0 Å². The Kier molecular flexibility index (Phi) is 9.20. The Balaban J connectivity index is 1.34. The molecular formula is C33H46O7. The van der Waals surface area contributed by atoms with E-state index in [1.54, 1.807) is 7.11 Å². The molecule has 3 saturated heterocycles. The molecule has 0 saturated carbocycles. The van der Waals surface area contributed by atoms with Gasteiger partial charge < -0.3 is 33.2 Å². The van der Waals surface area contributed by atoms with E-state index in [9.17, 15) is 0 Å². The highest BCUT2D eigenvalue weighted by Gasteiger charge is 2.56. The fourth-order valence-corrected chi connectivity index (χ4v) is 6.24. The van der Waals surface area contributed by atoms with Crippen molar-refractivity contribution >= 4 is 0 Å². The molecule has 5 rings (SSSR count). The average Bonchev–Trinajstić information content (AvgIpc) is 2.97. The van der Waals surface area contributed by atoms with Crippen LogP contribution in [0.5, 0.6) is 5.75 Å². The highest BCUT2D eigenvalue weighted by Crippen LogP contribution is 2.44. The van der Waals surface area contributed by atoms with Gasteiger partial charge in [-0.2, -0.15) is 0 Å². The van der Waals surface area contributed by atoms with Gasteiger partial charge in [-0.05, 0) is 49.3 Å². The molecule has 0 aromatic heterocycles. The van der Waals surface area contributed by atoms with Crippen LogP contribution in [0.2, 0.25) is 0 Å². The molecular weight excluding hydrogens is 508 g/mol. The Morgan fingerprint density at radius 3 is 2.25 bits per heavy atom. The maximum absolute atomic E-state index is 6.79. The van der Waals surface area contributed by atoms with Crippen LogP contribution in [0.25, 0.3) is 0 Å². The molecule has 3 fully saturated rings. The van der Waals surface area contributed by atoms with Gasteiger partial charge in [0.1, 0.15) is 17.5 Å². The van der Waals surface area contributed by atoms with Gasteiger partial charge in [0, 0.05) is 11.5 Å². The summed E-state index contributed by atoms with van der Waals surface area (Å²) in [5.41, 5.74) is 1.29. The first-order valence-electron chi connectivity index (χ1n) is 14.7. The molecule has 7 heteroatoms. The van der Waals surface area contributed by atoms with Crippen LogP contribution in [0.3, 0.4) is 0 Å². The summed E-state index contributed by atoms with van der Waals surface area (Å²) in [7, 11) is 1.66. The van der Waals surface area contributed by atoms with Gasteiger partial charge in [0.15, 0.2) is 12.6 Å². The molecule has 0 N–H and O–H groups in total. The maximum Gasteiger partial charge on any atom is 0.184 e. The lowest BCUT2D eigenvalue weighted by Gasteiger charge is -2.54. The number of hydrogen-bond acceptors (Lipinski definition) is 7. The van der Waals surface area contributed by atoms with Crippen LogP contribution < -0.4 is 4.74 Å². The zero-order chi connectivity index (χ0) is 28.4. The molecule has 2 aromatic rings. The van der Waals surface area contributed by atoms with E-state index in [1.165, 1.54) is 0 Å². The lowest BCUT2D eigenvalue weighted by Crippen LogP contribution is -2.66. The SMILES string of the molecule is COc1ccc(CO[C@@H]2OC3(C)COC(c4ccccc4)O[C@H]3C(OC[C@@H]3OC(C)[C@@H](C)C(C)C3C)C2C)cc1. The Hall–Kier alpha value is -2.00. The average molecular weight is 555 g/mol. The van der Waals surface area contributed by atoms with E-state index in [2.05, 4.69) is 34.6 Å². The van der Waals surface area contributed by atoms with Gasteiger partial charge in [-0.3, -0.25) is 0 Å². The summed E-state index contributed by atoms with van der Waals surface area (Å²) in [6, 6.07) is 17.9. The minimum atomic E-state index is -0.735. The summed E-state index contributed by atoms with van der Waals surface area (Å²) in [6.07, 6.45) is -1.36. The minimum absolute atomic E-state index is 0.0194. The summed E-state index contributed by atoms with van der Waals surface area (Å²) in [5, 5.41) is 0. The van der Waals surface area contributed by atoms with Crippen molar-refractivity contribution in [1.82, 2.24) is 0 Å². The van der Waals surface area contributed by atoms with Crippen LogP contribution in [0.15, 0.2) is 54.6 Å². The number of rotatable bonds is 8. The summed E-state index contributed by atoms with van der Waals surface area (Å²) in [4.78, 5) is 0. The van der Waals surface area contributed by atoms with E-state index in [1.807, 2.05) is 61.5 Å². The molecule has 11 atom stereocenters. The number of methoxy groups -OCH3 is 1. The van der Waals surface area contributed by atoms with E-state index in [0.717, 1.165) is 16.9 Å². The summed E-state index contributed by atoms with van der Waals surface area (Å²) >= 11 is 0. The van der Waals surface area contributed by atoms with Crippen LogP contribution in [0.4, 0.5) is 0 Å².